The predicted octanol–water partition coefficient (Wildman–Crippen LogP) is 4.51. The molecule has 3 aliphatic rings. The van der Waals surface area contributed by atoms with Crippen LogP contribution < -0.4 is 4.74 Å². The first-order chi connectivity index (χ1) is 12.7. The van der Waals surface area contributed by atoms with E-state index < -0.39 is 0 Å². The van der Waals surface area contributed by atoms with Gasteiger partial charge in [0, 0.05) is 14.2 Å². The lowest BCUT2D eigenvalue weighted by Crippen LogP contribution is -2.44. The summed E-state index contributed by atoms with van der Waals surface area (Å²) in [4.78, 5) is 0. The van der Waals surface area contributed by atoms with Crippen LogP contribution in [0.2, 0.25) is 0 Å². The third-order valence-corrected chi connectivity index (χ3v) is 7.34. The summed E-state index contributed by atoms with van der Waals surface area (Å²) in [5, 5.41) is 0. The number of hydrogen-bond acceptors (Lipinski definition) is 4. The molecule has 1 aromatic rings. The van der Waals surface area contributed by atoms with Crippen LogP contribution in [0.25, 0.3) is 0 Å². The minimum atomic E-state index is 0.314. The summed E-state index contributed by atoms with van der Waals surface area (Å²) in [7, 11) is 3.38. The molecular weight excluding hydrogens is 328 g/mol. The Morgan fingerprint density at radius 2 is 1.88 bits per heavy atom. The van der Waals surface area contributed by atoms with Crippen molar-refractivity contribution < 1.29 is 18.9 Å². The summed E-state index contributed by atoms with van der Waals surface area (Å²) in [5.74, 6) is 3.21. The van der Waals surface area contributed by atoms with E-state index in [-0.39, 0.29) is 0 Å². The van der Waals surface area contributed by atoms with Crippen LogP contribution in [0.3, 0.4) is 0 Å². The number of benzene rings is 1. The third kappa shape index (κ3) is 3.06. The van der Waals surface area contributed by atoms with Gasteiger partial charge in [-0.05, 0) is 85.0 Å². The molecule has 4 rings (SSSR count). The molecule has 2 fully saturated rings. The van der Waals surface area contributed by atoms with Gasteiger partial charge in [0.15, 0.2) is 6.79 Å². The van der Waals surface area contributed by atoms with Crippen molar-refractivity contribution in [1.82, 2.24) is 0 Å². The van der Waals surface area contributed by atoms with Crippen LogP contribution in [0.15, 0.2) is 18.2 Å². The lowest BCUT2D eigenvalue weighted by Gasteiger charge is -2.50. The van der Waals surface area contributed by atoms with Crippen LogP contribution in [0.4, 0.5) is 0 Å². The van der Waals surface area contributed by atoms with Crippen molar-refractivity contribution in [1.29, 1.82) is 0 Å². The van der Waals surface area contributed by atoms with E-state index >= 15 is 0 Å². The molecule has 2 saturated carbocycles. The minimum absolute atomic E-state index is 0.314. The quantitative estimate of drug-likeness (QED) is 0.699. The summed E-state index contributed by atoms with van der Waals surface area (Å²) in [6.07, 6.45) is 7.84. The fourth-order valence-electron chi connectivity index (χ4n) is 6.15. The number of fused-ring (bicyclic) bond motifs is 5. The van der Waals surface area contributed by atoms with E-state index in [4.69, 9.17) is 18.9 Å². The highest BCUT2D eigenvalue weighted by atomic mass is 16.7. The van der Waals surface area contributed by atoms with E-state index in [1.165, 1.54) is 37.7 Å². The minimum Gasteiger partial charge on any atom is -0.468 e. The fraction of sp³-hybridized carbons (Fsp3) is 0.727. The van der Waals surface area contributed by atoms with Crippen LogP contribution >= 0.6 is 0 Å². The lowest BCUT2D eigenvalue weighted by atomic mass is 9.55. The van der Waals surface area contributed by atoms with Crippen LogP contribution in [-0.4, -0.2) is 33.9 Å². The molecule has 0 radical (unpaired) electrons. The summed E-state index contributed by atoms with van der Waals surface area (Å²) >= 11 is 0. The Balaban J connectivity index is 1.53. The molecule has 0 bridgehead atoms. The van der Waals surface area contributed by atoms with Gasteiger partial charge in [-0.25, -0.2) is 0 Å². The molecule has 1 aromatic carbocycles. The largest absolute Gasteiger partial charge is 0.468 e. The Kier molecular flexibility index (Phi) is 5.27. The second-order valence-corrected chi connectivity index (χ2v) is 8.51. The van der Waals surface area contributed by atoms with Gasteiger partial charge < -0.3 is 18.9 Å². The van der Waals surface area contributed by atoms with Gasteiger partial charge in [0.1, 0.15) is 12.5 Å². The van der Waals surface area contributed by atoms with Gasteiger partial charge in [0.2, 0.25) is 0 Å². The van der Waals surface area contributed by atoms with E-state index in [0.717, 1.165) is 24.0 Å². The summed E-state index contributed by atoms with van der Waals surface area (Å²) < 4.78 is 21.9. The van der Waals surface area contributed by atoms with E-state index in [2.05, 4.69) is 25.1 Å². The first-order valence-corrected chi connectivity index (χ1v) is 10.0. The van der Waals surface area contributed by atoms with Gasteiger partial charge >= 0.3 is 0 Å². The molecule has 0 amide bonds. The molecule has 3 aliphatic carbocycles. The SMILES string of the molecule is COCOc1ccc2c(c1)CC[C@@H]1[C@@H]2CC[C@]2(C)C(OCOC)CC[C@H]12. The Bertz CT molecular complexity index is 631. The third-order valence-electron chi connectivity index (χ3n) is 7.34. The molecular formula is C22H32O4. The van der Waals surface area contributed by atoms with E-state index in [1.54, 1.807) is 19.8 Å². The maximum atomic E-state index is 6.08. The molecule has 0 saturated heterocycles. The molecule has 0 N–H and O–H groups in total. The van der Waals surface area contributed by atoms with Crippen molar-refractivity contribution in [3.63, 3.8) is 0 Å². The molecule has 0 spiro atoms. The molecule has 144 valence electrons. The van der Waals surface area contributed by atoms with Crippen LogP contribution in [0, 0.1) is 17.3 Å². The standard InChI is InChI=1S/C22H32O4/c1-22-11-10-18-17-7-5-16(25-13-23-2)12-15(17)4-6-19(18)20(22)8-9-21(22)26-14-24-3/h5,7,12,18-21H,4,6,8-11,13-14H2,1-3H3/t18-,19-,20-,21?,22+/m1/s1. The number of hydrogen-bond donors (Lipinski definition) is 0. The summed E-state index contributed by atoms with van der Waals surface area (Å²) in [6, 6.07) is 6.67. The highest BCUT2D eigenvalue weighted by Gasteiger charge is 2.55. The topological polar surface area (TPSA) is 36.9 Å². The van der Waals surface area contributed by atoms with E-state index in [9.17, 15) is 0 Å². The number of methoxy groups -OCH3 is 2. The molecule has 5 atom stereocenters. The predicted molar refractivity (Wildman–Crippen MR) is 100 cm³/mol. The van der Waals surface area contributed by atoms with Crippen molar-refractivity contribution in [3.05, 3.63) is 29.3 Å². The zero-order chi connectivity index (χ0) is 18.1. The monoisotopic (exact) mass is 360 g/mol. The van der Waals surface area contributed by atoms with Gasteiger partial charge in [-0.1, -0.05) is 13.0 Å². The molecule has 0 aromatic heterocycles. The van der Waals surface area contributed by atoms with Crippen molar-refractivity contribution in [3.8, 4) is 5.75 Å². The number of ether oxygens (including phenoxy) is 4. The van der Waals surface area contributed by atoms with Crippen molar-refractivity contribution in [2.75, 3.05) is 27.8 Å². The average molecular weight is 360 g/mol. The highest BCUT2D eigenvalue weighted by molar-refractivity contribution is 5.40. The molecule has 1 unspecified atom stereocenters. The average Bonchev–Trinajstić information content (AvgIpc) is 3.00. The first kappa shape index (κ1) is 18.3. The van der Waals surface area contributed by atoms with Crippen molar-refractivity contribution >= 4 is 0 Å². The molecule has 4 nitrogen and oxygen atoms in total. The van der Waals surface area contributed by atoms with Gasteiger partial charge in [-0.3, -0.25) is 0 Å². The Morgan fingerprint density at radius 1 is 1.04 bits per heavy atom. The van der Waals surface area contributed by atoms with Crippen molar-refractivity contribution in [2.45, 2.75) is 57.5 Å². The van der Waals surface area contributed by atoms with Gasteiger partial charge in [0.05, 0.1) is 6.10 Å². The van der Waals surface area contributed by atoms with E-state index in [0.29, 0.717) is 31.0 Å². The number of aryl methyl sites for hydroxylation is 1. The first-order valence-electron chi connectivity index (χ1n) is 10.0. The van der Waals surface area contributed by atoms with Crippen LogP contribution in [0.5, 0.6) is 5.75 Å². The molecule has 0 aliphatic heterocycles. The maximum absolute atomic E-state index is 6.08. The molecule has 0 heterocycles. The Morgan fingerprint density at radius 3 is 2.69 bits per heavy atom. The van der Waals surface area contributed by atoms with Crippen LogP contribution in [-0.2, 0) is 20.6 Å². The molecule has 26 heavy (non-hydrogen) atoms. The lowest BCUT2D eigenvalue weighted by molar-refractivity contribution is -0.125. The highest BCUT2D eigenvalue weighted by Crippen LogP contribution is 2.61. The van der Waals surface area contributed by atoms with Gasteiger partial charge in [-0.15, -0.1) is 0 Å². The van der Waals surface area contributed by atoms with Gasteiger partial charge in [-0.2, -0.15) is 0 Å². The zero-order valence-electron chi connectivity index (χ0n) is 16.3. The van der Waals surface area contributed by atoms with Crippen LogP contribution in [0.1, 0.15) is 56.1 Å². The smallest absolute Gasteiger partial charge is 0.188 e. The van der Waals surface area contributed by atoms with E-state index in [1.807, 2.05) is 0 Å². The second-order valence-electron chi connectivity index (χ2n) is 8.51. The summed E-state index contributed by atoms with van der Waals surface area (Å²) in [6.45, 7) is 3.21. The van der Waals surface area contributed by atoms with Crippen molar-refractivity contribution in [2.24, 2.45) is 17.3 Å². The molecule has 4 heteroatoms. The Hall–Kier alpha value is -1.10. The summed E-state index contributed by atoms with van der Waals surface area (Å²) in [5.41, 5.74) is 3.36. The number of rotatable bonds is 6. The van der Waals surface area contributed by atoms with Gasteiger partial charge in [0.25, 0.3) is 0 Å². The fourth-order valence-corrected chi connectivity index (χ4v) is 6.15. The zero-order valence-corrected chi connectivity index (χ0v) is 16.3. The Labute approximate surface area is 157 Å². The maximum Gasteiger partial charge on any atom is 0.188 e. The normalized spacial score (nSPS) is 35.5. The second kappa shape index (κ2) is 7.49.